The van der Waals surface area contributed by atoms with Crippen LogP contribution in [0.25, 0.3) is 11.2 Å². The monoisotopic (exact) mass is 473 g/mol. The number of carbonyl (C=O) groups is 1. The number of H-pyrrole nitrogens is 1. The number of anilines is 1. The van der Waals surface area contributed by atoms with Crippen LogP contribution < -0.4 is 15.6 Å². The lowest BCUT2D eigenvalue weighted by Crippen LogP contribution is -2.35. The zero-order chi connectivity index (χ0) is 24.4. The summed E-state index contributed by atoms with van der Waals surface area (Å²) < 4.78 is 18.4. The van der Waals surface area contributed by atoms with Crippen molar-refractivity contribution in [2.45, 2.75) is 45.0 Å². The summed E-state index contributed by atoms with van der Waals surface area (Å²) in [5, 5.41) is 23.0. The molecule has 2 aromatic heterocycles. The summed E-state index contributed by atoms with van der Waals surface area (Å²) in [6, 6.07) is 7.25. The fourth-order valence-corrected chi connectivity index (χ4v) is 3.62. The molecule has 0 unspecified atom stereocenters. The van der Waals surface area contributed by atoms with E-state index >= 15 is 0 Å². The molecule has 0 spiro atoms. The van der Waals surface area contributed by atoms with Gasteiger partial charge in [-0.15, -0.1) is 0 Å². The van der Waals surface area contributed by atoms with Crippen molar-refractivity contribution in [1.82, 2.24) is 19.5 Å². The molecule has 3 aromatic rings. The number of methoxy groups -OCH3 is 1. The van der Waals surface area contributed by atoms with Gasteiger partial charge in [0.25, 0.3) is 5.56 Å². The molecule has 3 heterocycles. The van der Waals surface area contributed by atoms with E-state index in [9.17, 15) is 19.8 Å². The molecular weight excluding hydrogens is 446 g/mol. The third-order valence-electron chi connectivity index (χ3n) is 5.57. The zero-order valence-corrected chi connectivity index (χ0v) is 19.0. The minimum atomic E-state index is -1.15. The number of amides is 1. The molecule has 4 atom stereocenters. The number of imidazole rings is 1. The molecule has 0 aliphatic carbocycles. The molecule has 1 saturated heterocycles. The molecule has 34 heavy (non-hydrogen) atoms. The highest BCUT2D eigenvalue weighted by Gasteiger charge is 2.46. The summed E-state index contributed by atoms with van der Waals surface area (Å²) >= 11 is 0. The summed E-state index contributed by atoms with van der Waals surface area (Å²) in [7, 11) is 1.57. The number of ether oxygens (including phenoxy) is 3. The molecule has 0 bridgehead atoms. The van der Waals surface area contributed by atoms with Crippen LogP contribution in [0.1, 0.15) is 25.6 Å². The van der Waals surface area contributed by atoms with E-state index in [1.807, 2.05) is 12.1 Å². The Morgan fingerprint density at radius 1 is 1.32 bits per heavy atom. The SMILES string of the molecule is COc1ccc(CO[C@@H]2[C@H](O)[C@@H](CO)O[C@H]2n2cnc3c(=O)[nH]c(NC(=O)C(C)C)nc32)cc1. The first-order valence-electron chi connectivity index (χ1n) is 10.8. The lowest BCUT2D eigenvalue weighted by Gasteiger charge is -2.22. The lowest BCUT2D eigenvalue weighted by atomic mass is 10.1. The van der Waals surface area contributed by atoms with Gasteiger partial charge in [0.15, 0.2) is 17.4 Å². The Bertz CT molecular complexity index is 1210. The second-order valence-electron chi connectivity index (χ2n) is 8.24. The van der Waals surface area contributed by atoms with Gasteiger partial charge in [-0.05, 0) is 17.7 Å². The van der Waals surface area contributed by atoms with Crippen LogP contribution in [0.2, 0.25) is 0 Å². The van der Waals surface area contributed by atoms with Crippen LogP contribution >= 0.6 is 0 Å². The first-order chi connectivity index (χ1) is 16.3. The number of nitrogens with one attached hydrogen (secondary N) is 2. The number of aliphatic hydroxyl groups is 2. The van der Waals surface area contributed by atoms with Crippen LogP contribution in [-0.2, 0) is 20.9 Å². The topological polar surface area (TPSA) is 161 Å². The molecular formula is C22H27N5O7. The van der Waals surface area contributed by atoms with Crippen LogP contribution in [0.15, 0.2) is 35.4 Å². The fraction of sp³-hybridized carbons (Fsp3) is 0.455. The predicted molar refractivity (Wildman–Crippen MR) is 120 cm³/mol. The number of benzene rings is 1. The molecule has 1 aliphatic rings. The average Bonchev–Trinajstić information content (AvgIpc) is 3.38. The molecule has 1 amide bonds. The quantitative estimate of drug-likeness (QED) is 0.366. The Hall–Kier alpha value is -3.32. The molecule has 12 nitrogen and oxygen atoms in total. The summed E-state index contributed by atoms with van der Waals surface area (Å²) in [6.07, 6.45) is -2.54. The van der Waals surface area contributed by atoms with Gasteiger partial charge in [0, 0.05) is 5.92 Å². The molecule has 1 fully saturated rings. The van der Waals surface area contributed by atoms with E-state index in [2.05, 4.69) is 20.3 Å². The third-order valence-corrected chi connectivity index (χ3v) is 5.57. The molecule has 0 radical (unpaired) electrons. The van der Waals surface area contributed by atoms with Crippen LogP contribution in [0.4, 0.5) is 5.95 Å². The van der Waals surface area contributed by atoms with Crippen LogP contribution in [0, 0.1) is 5.92 Å². The Labute approximate surface area is 194 Å². The Balaban J connectivity index is 1.64. The van der Waals surface area contributed by atoms with Crippen molar-refractivity contribution in [2.24, 2.45) is 5.92 Å². The van der Waals surface area contributed by atoms with Crippen molar-refractivity contribution in [3.05, 3.63) is 46.5 Å². The number of aromatic amines is 1. The number of nitrogens with zero attached hydrogens (tertiary/aromatic N) is 3. The van der Waals surface area contributed by atoms with E-state index in [4.69, 9.17) is 14.2 Å². The van der Waals surface area contributed by atoms with Crippen molar-refractivity contribution >= 4 is 23.0 Å². The van der Waals surface area contributed by atoms with Crippen molar-refractivity contribution in [3.63, 3.8) is 0 Å². The average molecular weight is 473 g/mol. The minimum absolute atomic E-state index is 0.0296. The summed E-state index contributed by atoms with van der Waals surface area (Å²) in [5.41, 5.74) is 0.456. The van der Waals surface area contributed by atoms with Crippen LogP contribution in [0.5, 0.6) is 5.75 Å². The first kappa shape index (κ1) is 23.8. The Morgan fingerprint density at radius 2 is 2.06 bits per heavy atom. The van der Waals surface area contributed by atoms with Crippen LogP contribution in [-0.4, -0.2) is 67.7 Å². The van der Waals surface area contributed by atoms with E-state index in [0.717, 1.165) is 5.56 Å². The van der Waals surface area contributed by atoms with Crippen molar-refractivity contribution in [1.29, 1.82) is 0 Å². The van der Waals surface area contributed by atoms with Gasteiger partial charge in [-0.25, -0.2) is 4.98 Å². The van der Waals surface area contributed by atoms with Gasteiger partial charge >= 0.3 is 0 Å². The Morgan fingerprint density at radius 3 is 2.71 bits per heavy atom. The highest BCUT2D eigenvalue weighted by atomic mass is 16.6. The summed E-state index contributed by atoms with van der Waals surface area (Å²) in [5.74, 6) is 0.0288. The number of fused-ring (bicyclic) bond motifs is 1. The van der Waals surface area contributed by atoms with Crippen molar-refractivity contribution in [3.8, 4) is 5.75 Å². The highest BCUT2D eigenvalue weighted by molar-refractivity contribution is 5.91. The summed E-state index contributed by atoms with van der Waals surface area (Å²) in [4.78, 5) is 35.5. The van der Waals surface area contributed by atoms with E-state index in [-0.39, 0.29) is 35.5 Å². The molecule has 4 rings (SSSR count). The van der Waals surface area contributed by atoms with Gasteiger partial charge in [-0.2, -0.15) is 4.98 Å². The number of aliphatic hydroxyl groups excluding tert-OH is 2. The molecule has 1 aliphatic heterocycles. The van der Waals surface area contributed by atoms with Gasteiger partial charge in [0.05, 0.1) is 26.7 Å². The molecule has 182 valence electrons. The Kier molecular flexibility index (Phi) is 6.93. The second-order valence-corrected chi connectivity index (χ2v) is 8.24. The lowest BCUT2D eigenvalue weighted by molar-refractivity contribution is -0.118. The molecule has 12 heteroatoms. The number of aromatic nitrogens is 4. The van der Waals surface area contributed by atoms with Gasteiger partial charge in [-0.3, -0.25) is 24.5 Å². The second kappa shape index (κ2) is 9.89. The number of carbonyl (C=O) groups excluding carboxylic acids is 1. The fourth-order valence-electron chi connectivity index (χ4n) is 3.62. The molecule has 4 N–H and O–H groups in total. The molecule has 1 aromatic carbocycles. The zero-order valence-electron chi connectivity index (χ0n) is 19.0. The standard InChI is InChI=1S/C22H27N5O7/c1-11(2)19(30)25-22-24-18-15(20(31)26-22)23-10-27(18)21-17(16(29)14(8-28)34-21)33-9-12-4-6-13(32-3)7-5-12/h4-7,10-11,14,16-17,21,28-29H,8-9H2,1-3H3,(H2,24,25,26,30,31)/t14-,16-,17-,21-/m1/s1. The minimum Gasteiger partial charge on any atom is -0.497 e. The first-order valence-corrected chi connectivity index (χ1v) is 10.8. The molecule has 0 saturated carbocycles. The van der Waals surface area contributed by atoms with Gasteiger partial charge in [0.1, 0.15) is 24.1 Å². The summed E-state index contributed by atoms with van der Waals surface area (Å²) in [6.45, 7) is 3.14. The normalized spacial score (nSPS) is 22.4. The van der Waals surface area contributed by atoms with Gasteiger partial charge in [-0.1, -0.05) is 26.0 Å². The predicted octanol–water partition coefficient (Wildman–Crippen LogP) is 0.559. The van der Waals surface area contributed by atoms with E-state index in [0.29, 0.717) is 5.75 Å². The highest BCUT2D eigenvalue weighted by Crippen LogP contribution is 2.34. The maximum Gasteiger partial charge on any atom is 0.280 e. The maximum atomic E-state index is 12.5. The van der Waals surface area contributed by atoms with E-state index < -0.39 is 36.7 Å². The number of hydrogen-bond donors (Lipinski definition) is 4. The maximum absolute atomic E-state index is 12.5. The third kappa shape index (κ3) is 4.66. The smallest absolute Gasteiger partial charge is 0.280 e. The van der Waals surface area contributed by atoms with Crippen LogP contribution in [0.3, 0.4) is 0 Å². The van der Waals surface area contributed by atoms with Gasteiger partial charge < -0.3 is 24.4 Å². The van der Waals surface area contributed by atoms with Crippen molar-refractivity contribution < 1.29 is 29.2 Å². The number of hydrogen-bond acceptors (Lipinski definition) is 9. The van der Waals surface area contributed by atoms with Crippen molar-refractivity contribution in [2.75, 3.05) is 19.0 Å². The van der Waals surface area contributed by atoms with Gasteiger partial charge in [0.2, 0.25) is 11.9 Å². The van der Waals surface area contributed by atoms with E-state index in [1.54, 1.807) is 33.1 Å². The number of rotatable bonds is 8. The largest absolute Gasteiger partial charge is 0.497 e. The van der Waals surface area contributed by atoms with E-state index in [1.165, 1.54) is 10.9 Å².